The predicted octanol–water partition coefficient (Wildman–Crippen LogP) is 2.34. The first kappa shape index (κ1) is 26.0. The van der Waals surface area contributed by atoms with Gasteiger partial charge in [-0.05, 0) is 26.2 Å². The summed E-state index contributed by atoms with van der Waals surface area (Å²) in [6.07, 6.45) is 3.12. The van der Waals surface area contributed by atoms with Gasteiger partial charge < -0.3 is 19.3 Å². The highest BCUT2D eigenvalue weighted by Crippen LogP contribution is 2.27. The average molecular weight is 402 g/mol. The number of hydrogen-bond acceptors (Lipinski definition) is 8. The molecule has 2 unspecified atom stereocenters. The van der Waals surface area contributed by atoms with Crippen LogP contribution in [0, 0.1) is 5.92 Å². The second kappa shape index (κ2) is 14.1. The standard InChI is InChI=1S/C20H34O8/c1-5-8-11-26-16(22)14-20(25,19(24)28-13-10-7-3)17(15(4)21)18(23)27-12-9-6-2/h17,25H,5-14H2,1-4H3. The Labute approximate surface area is 166 Å². The molecule has 0 amide bonds. The quantitative estimate of drug-likeness (QED) is 0.192. The number of ether oxygens (including phenoxy) is 3. The lowest BCUT2D eigenvalue weighted by Crippen LogP contribution is -2.55. The van der Waals surface area contributed by atoms with E-state index in [1.54, 1.807) is 0 Å². The Morgan fingerprint density at radius 1 is 0.821 bits per heavy atom. The highest BCUT2D eigenvalue weighted by molar-refractivity contribution is 6.05. The molecule has 2 atom stereocenters. The Bertz CT molecular complexity index is 516. The Morgan fingerprint density at radius 2 is 1.29 bits per heavy atom. The third-order valence-electron chi connectivity index (χ3n) is 4.12. The van der Waals surface area contributed by atoms with Crippen LogP contribution in [-0.4, -0.2) is 54.2 Å². The van der Waals surface area contributed by atoms with Crippen molar-refractivity contribution in [2.75, 3.05) is 19.8 Å². The van der Waals surface area contributed by atoms with Crippen molar-refractivity contribution in [1.29, 1.82) is 0 Å². The molecule has 0 aromatic carbocycles. The number of aliphatic hydroxyl groups is 1. The van der Waals surface area contributed by atoms with E-state index in [1.165, 1.54) is 0 Å². The van der Waals surface area contributed by atoms with Crippen LogP contribution < -0.4 is 0 Å². The SMILES string of the molecule is CCCCOC(=O)CC(O)(C(=O)OCCCC)C(C(C)=O)C(=O)OCCCC. The second-order valence-corrected chi connectivity index (χ2v) is 6.73. The van der Waals surface area contributed by atoms with Gasteiger partial charge in [0.2, 0.25) is 0 Å². The van der Waals surface area contributed by atoms with Crippen molar-refractivity contribution in [1.82, 2.24) is 0 Å². The van der Waals surface area contributed by atoms with Crippen molar-refractivity contribution in [3.05, 3.63) is 0 Å². The van der Waals surface area contributed by atoms with Crippen molar-refractivity contribution >= 4 is 23.7 Å². The van der Waals surface area contributed by atoms with E-state index in [0.29, 0.717) is 19.3 Å². The number of esters is 3. The van der Waals surface area contributed by atoms with Crippen molar-refractivity contribution in [2.24, 2.45) is 5.92 Å². The summed E-state index contributed by atoms with van der Waals surface area (Å²) in [5.74, 6) is -5.82. The largest absolute Gasteiger partial charge is 0.466 e. The molecule has 0 aliphatic carbocycles. The number of unbranched alkanes of at least 4 members (excludes halogenated alkanes) is 3. The normalized spacial score (nSPS) is 13.9. The molecule has 0 fully saturated rings. The highest BCUT2D eigenvalue weighted by atomic mass is 16.6. The van der Waals surface area contributed by atoms with Gasteiger partial charge in [-0.2, -0.15) is 0 Å². The molecule has 0 radical (unpaired) electrons. The zero-order valence-corrected chi connectivity index (χ0v) is 17.5. The van der Waals surface area contributed by atoms with Crippen LogP contribution in [0.2, 0.25) is 0 Å². The summed E-state index contributed by atoms with van der Waals surface area (Å²) in [6.45, 7) is 6.89. The van der Waals surface area contributed by atoms with E-state index in [-0.39, 0.29) is 19.8 Å². The van der Waals surface area contributed by atoms with Crippen LogP contribution in [-0.2, 0) is 33.4 Å². The van der Waals surface area contributed by atoms with Crippen LogP contribution in [0.4, 0.5) is 0 Å². The lowest BCUT2D eigenvalue weighted by Gasteiger charge is -2.30. The third-order valence-corrected chi connectivity index (χ3v) is 4.12. The van der Waals surface area contributed by atoms with Crippen LogP contribution >= 0.6 is 0 Å². The summed E-state index contributed by atoms with van der Waals surface area (Å²) >= 11 is 0. The molecule has 28 heavy (non-hydrogen) atoms. The maximum absolute atomic E-state index is 12.5. The van der Waals surface area contributed by atoms with Gasteiger partial charge >= 0.3 is 17.9 Å². The molecule has 8 nitrogen and oxygen atoms in total. The molecule has 0 spiro atoms. The van der Waals surface area contributed by atoms with E-state index in [2.05, 4.69) is 0 Å². The first-order valence-electron chi connectivity index (χ1n) is 9.96. The summed E-state index contributed by atoms with van der Waals surface area (Å²) in [5, 5.41) is 11.0. The van der Waals surface area contributed by atoms with Gasteiger partial charge in [-0.1, -0.05) is 40.0 Å². The van der Waals surface area contributed by atoms with Gasteiger partial charge in [0.15, 0.2) is 11.5 Å². The highest BCUT2D eigenvalue weighted by Gasteiger charge is 2.54. The molecule has 1 N–H and O–H groups in total. The van der Waals surface area contributed by atoms with Gasteiger partial charge in [0.25, 0.3) is 0 Å². The fourth-order valence-corrected chi connectivity index (χ4v) is 2.43. The topological polar surface area (TPSA) is 116 Å². The van der Waals surface area contributed by atoms with E-state index in [0.717, 1.165) is 26.2 Å². The summed E-state index contributed by atoms with van der Waals surface area (Å²) in [4.78, 5) is 49.2. The van der Waals surface area contributed by atoms with Crippen LogP contribution in [0.5, 0.6) is 0 Å². The van der Waals surface area contributed by atoms with E-state index < -0.39 is 41.6 Å². The van der Waals surface area contributed by atoms with Gasteiger partial charge in [-0.3, -0.25) is 14.4 Å². The van der Waals surface area contributed by atoms with E-state index >= 15 is 0 Å². The monoisotopic (exact) mass is 402 g/mol. The van der Waals surface area contributed by atoms with E-state index in [1.807, 2.05) is 20.8 Å². The van der Waals surface area contributed by atoms with Gasteiger partial charge in [-0.25, -0.2) is 4.79 Å². The Balaban J connectivity index is 5.53. The fourth-order valence-electron chi connectivity index (χ4n) is 2.43. The van der Waals surface area contributed by atoms with E-state index in [9.17, 15) is 24.3 Å². The van der Waals surface area contributed by atoms with Crippen molar-refractivity contribution < 1.29 is 38.5 Å². The Morgan fingerprint density at radius 3 is 1.75 bits per heavy atom. The van der Waals surface area contributed by atoms with Gasteiger partial charge in [-0.15, -0.1) is 0 Å². The molecule has 0 saturated heterocycles. The zero-order chi connectivity index (χ0) is 21.6. The summed E-state index contributed by atoms with van der Waals surface area (Å²) in [7, 11) is 0. The van der Waals surface area contributed by atoms with Crippen molar-refractivity contribution in [3.63, 3.8) is 0 Å². The molecule has 162 valence electrons. The molecule has 0 aromatic heterocycles. The Hall–Kier alpha value is -1.96. The van der Waals surface area contributed by atoms with Gasteiger partial charge in [0.1, 0.15) is 5.78 Å². The van der Waals surface area contributed by atoms with Crippen LogP contribution in [0.25, 0.3) is 0 Å². The van der Waals surface area contributed by atoms with Crippen molar-refractivity contribution in [2.45, 2.75) is 78.2 Å². The van der Waals surface area contributed by atoms with Crippen molar-refractivity contribution in [3.8, 4) is 0 Å². The molecule has 8 heteroatoms. The number of ketones is 1. The molecule has 0 aliphatic rings. The maximum atomic E-state index is 12.5. The molecule has 0 aromatic rings. The number of hydrogen-bond donors (Lipinski definition) is 1. The summed E-state index contributed by atoms with van der Waals surface area (Å²) in [6, 6.07) is 0. The number of carbonyl (C=O) groups is 4. The molecule has 0 heterocycles. The predicted molar refractivity (Wildman–Crippen MR) is 101 cm³/mol. The minimum atomic E-state index is -2.67. The van der Waals surface area contributed by atoms with Crippen LogP contribution in [0.1, 0.15) is 72.6 Å². The molecule has 0 rings (SSSR count). The minimum absolute atomic E-state index is 0.00195. The molecular weight excluding hydrogens is 368 g/mol. The van der Waals surface area contributed by atoms with E-state index in [4.69, 9.17) is 14.2 Å². The lowest BCUT2D eigenvalue weighted by molar-refractivity contribution is -0.187. The fraction of sp³-hybridized carbons (Fsp3) is 0.800. The van der Waals surface area contributed by atoms with Gasteiger partial charge in [0, 0.05) is 0 Å². The Kier molecular flexibility index (Phi) is 13.1. The zero-order valence-electron chi connectivity index (χ0n) is 17.5. The first-order chi connectivity index (χ1) is 13.2. The minimum Gasteiger partial charge on any atom is -0.466 e. The summed E-state index contributed by atoms with van der Waals surface area (Å²) in [5.41, 5.74) is -2.67. The number of Topliss-reactive ketones (excluding diaryl/α,β-unsaturated/α-hetero) is 1. The smallest absolute Gasteiger partial charge is 0.340 e. The number of rotatable bonds is 15. The van der Waals surface area contributed by atoms with Gasteiger partial charge in [0.05, 0.1) is 26.2 Å². The molecule has 0 aliphatic heterocycles. The lowest BCUT2D eigenvalue weighted by atomic mass is 9.81. The van der Waals surface area contributed by atoms with Crippen LogP contribution in [0.3, 0.4) is 0 Å². The van der Waals surface area contributed by atoms with Crippen LogP contribution in [0.15, 0.2) is 0 Å². The molecular formula is C20H34O8. The second-order valence-electron chi connectivity index (χ2n) is 6.73. The first-order valence-corrected chi connectivity index (χ1v) is 9.96. The summed E-state index contributed by atoms with van der Waals surface area (Å²) < 4.78 is 15.0. The average Bonchev–Trinajstić information content (AvgIpc) is 2.61. The third kappa shape index (κ3) is 8.82. The molecule has 0 saturated carbocycles. The number of carbonyl (C=O) groups excluding carboxylic acids is 4. The molecule has 0 bridgehead atoms. The maximum Gasteiger partial charge on any atom is 0.340 e.